The number of nitrogens with one attached hydrogen (secondary N) is 1. The Morgan fingerprint density at radius 2 is 1.78 bits per heavy atom. The number of benzene rings is 2. The lowest BCUT2D eigenvalue weighted by Gasteiger charge is -2.05. The van der Waals surface area contributed by atoms with Crippen LogP contribution in [-0.4, -0.2) is 11.7 Å². The minimum absolute atomic E-state index is 0.201. The van der Waals surface area contributed by atoms with Crippen LogP contribution in [0.2, 0.25) is 0 Å². The van der Waals surface area contributed by atoms with E-state index in [4.69, 9.17) is 5.11 Å². The third kappa shape index (κ3) is 3.86. The first kappa shape index (κ1) is 12.6. The van der Waals surface area contributed by atoms with Crippen molar-refractivity contribution in [2.45, 2.75) is 13.0 Å². The van der Waals surface area contributed by atoms with Crippen LogP contribution in [0.5, 0.6) is 5.75 Å². The van der Waals surface area contributed by atoms with Gasteiger partial charge in [0.25, 0.3) is 0 Å². The van der Waals surface area contributed by atoms with Gasteiger partial charge in [0.15, 0.2) is 0 Å². The minimum Gasteiger partial charge on any atom is -0.508 e. The van der Waals surface area contributed by atoms with Crippen LogP contribution < -0.4 is 5.32 Å². The van der Waals surface area contributed by atoms with Gasteiger partial charge in [-0.2, -0.15) is 0 Å². The quantitative estimate of drug-likeness (QED) is 0.794. The standard InChI is InChI=1S/C15H16FNO/c16-14-3-1-2-13(10-14)11-17-9-8-12-4-6-15(18)7-5-12/h1-7,10,17-18H,8-9,11H2. The smallest absolute Gasteiger partial charge is 0.123 e. The Balaban J connectivity index is 1.74. The fourth-order valence-corrected chi connectivity index (χ4v) is 1.77. The molecule has 2 aromatic carbocycles. The molecular formula is C15H16FNO. The predicted molar refractivity (Wildman–Crippen MR) is 69.9 cm³/mol. The van der Waals surface area contributed by atoms with E-state index in [0.717, 1.165) is 18.5 Å². The number of phenolic OH excluding ortho intramolecular Hbond substituents is 1. The summed E-state index contributed by atoms with van der Waals surface area (Å²) in [6.45, 7) is 1.48. The van der Waals surface area contributed by atoms with E-state index in [1.807, 2.05) is 18.2 Å². The third-order valence-electron chi connectivity index (χ3n) is 2.74. The van der Waals surface area contributed by atoms with E-state index in [-0.39, 0.29) is 11.6 Å². The van der Waals surface area contributed by atoms with E-state index in [1.165, 1.54) is 17.7 Å². The second kappa shape index (κ2) is 6.17. The summed E-state index contributed by atoms with van der Waals surface area (Å²) in [5.74, 6) is 0.0827. The SMILES string of the molecule is Oc1ccc(CCNCc2cccc(F)c2)cc1. The summed E-state index contributed by atoms with van der Waals surface area (Å²) in [7, 11) is 0. The first-order chi connectivity index (χ1) is 8.74. The van der Waals surface area contributed by atoms with E-state index in [9.17, 15) is 4.39 Å². The molecule has 0 saturated carbocycles. The van der Waals surface area contributed by atoms with Crippen LogP contribution in [0.3, 0.4) is 0 Å². The lowest BCUT2D eigenvalue weighted by molar-refractivity contribution is 0.475. The van der Waals surface area contributed by atoms with Crippen LogP contribution >= 0.6 is 0 Å². The first-order valence-corrected chi connectivity index (χ1v) is 5.97. The van der Waals surface area contributed by atoms with Crippen molar-refractivity contribution in [3.8, 4) is 5.75 Å². The van der Waals surface area contributed by atoms with Gasteiger partial charge in [-0.25, -0.2) is 4.39 Å². The van der Waals surface area contributed by atoms with E-state index in [2.05, 4.69) is 5.32 Å². The summed E-state index contributed by atoms with van der Waals surface area (Å²) in [6.07, 6.45) is 0.885. The summed E-state index contributed by atoms with van der Waals surface area (Å²) in [6, 6.07) is 13.8. The molecule has 0 radical (unpaired) electrons. The zero-order valence-corrected chi connectivity index (χ0v) is 10.1. The summed E-state index contributed by atoms with van der Waals surface area (Å²) < 4.78 is 12.9. The van der Waals surface area contributed by atoms with Crippen LogP contribution in [0, 0.1) is 5.82 Å². The van der Waals surface area contributed by atoms with Crippen molar-refractivity contribution in [3.05, 3.63) is 65.5 Å². The van der Waals surface area contributed by atoms with Gasteiger partial charge in [-0.1, -0.05) is 24.3 Å². The Bertz CT molecular complexity index is 496. The lowest BCUT2D eigenvalue weighted by Crippen LogP contribution is -2.16. The van der Waals surface area contributed by atoms with Crippen molar-refractivity contribution in [3.63, 3.8) is 0 Å². The molecule has 0 heterocycles. The van der Waals surface area contributed by atoms with Crippen LogP contribution in [0.4, 0.5) is 4.39 Å². The molecule has 2 rings (SSSR count). The highest BCUT2D eigenvalue weighted by Gasteiger charge is 1.96. The molecule has 2 N–H and O–H groups in total. The summed E-state index contributed by atoms with van der Waals surface area (Å²) in [5, 5.41) is 12.4. The van der Waals surface area contributed by atoms with Gasteiger partial charge in [-0.05, 0) is 48.4 Å². The Kier molecular flexibility index (Phi) is 4.31. The van der Waals surface area contributed by atoms with Gasteiger partial charge in [0.05, 0.1) is 0 Å². The number of hydrogen-bond donors (Lipinski definition) is 2. The Morgan fingerprint density at radius 3 is 2.50 bits per heavy atom. The van der Waals surface area contributed by atoms with E-state index < -0.39 is 0 Å². The van der Waals surface area contributed by atoms with Crippen molar-refractivity contribution in [1.82, 2.24) is 5.32 Å². The summed E-state index contributed by atoms with van der Waals surface area (Å²) >= 11 is 0. The molecule has 0 amide bonds. The zero-order valence-electron chi connectivity index (χ0n) is 10.1. The molecule has 0 saturated heterocycles. The van der Waals surface area contributed by atoms with Crippen LogP contribution in [0.25, 0.3) is 0 Å². The van der Waals surface area contributed by atoms with Crippen molar-refractivity contribution in [2.75, 3.05) is 6.54 Å². The fraction of sp³-hybridized carbons (Fsp3) is 0.200. The van der Waals surface area contributed by atoms with Gasteiger partial charge in [0.1, 0.15) is 11.6 Å². The van der Waals surface area contributed by atoms with Crippen molar-refractivity contribution in [2.24, 2.45) is 0 Å². The molecule has 0 aromatic heterocycles. The van der Waals surface area contributed by atoms with Crippen molar-refractivity contribution >= 4 is 0 Å². The molecule has 0 aliphatic rings. The number of aromatic hydroxyl groups is 1. The third-order valence-corrected chi connectivity index (χ3v) is 2.74. The molecule has 0 fully saturated rings. The molecular weight excluding hydrogens is 229 g/mol. The summed E-state index contributed by atoms with van der Waals surface area (Å²) in [5.41, 5.74) is 2.11. The van der Waals surface area contributed by atoms with E-state index in [0.29, 0.717) is 6.54 Å². The predicted octanol–water partition coefficient (Wildman–Crippen LogP) is 2.86. The van der Waals surface area contributed by atoms with Crippen LogP contribution in [-0.2, 0) is 13.0 Å². The monoisotopic (exact) mass is 245 g/mol. The fourth-order valence-electron chi connectivity index (χ4n) is 1.77. The van der Waals surface area contributed by atoms with Gasteiger partial charge in [0, 0.05) is 6.54 Å². The van der Waals surface area contributed by atoms with Crippen LogP contribution in [0.15, 0.2) is 48.5 Å². The average molecular weight is 245 g/mol. The topological polar surface area (TPSA) is 32.3 Å². The molecule has 18 heavy (non-hydrogen) atoms. The largest absolute Gasteiger partial charge is 0.508 e. The Hall–Kier alpha value is -1.87. The number of hydrogen-bond acceptors (Lipinski definition) is 2. The zero-order chi connectivity index (χ0) is 12.8. The van der Waals surface area contributed by atoms with Gasteiger partial charge < -0.3 is 10.4 Å². The summed E-state index contributed by atoms with van der Waals surface area (Å²) in [4.78, 5) is 0. The highest BCUT2D eigenvalue weighted by atomic mass is 19.1. The maximum atomic E-state index is 12.9. The second-order valence-corrected chi connectivity index (χ2v) is 4.22. The van der Waals surface area contributed by atoms with Gasteiger partial charge in [-0.15, -0.1) is 0 Å². The van der Waals surface area contributed by atoms with Gasteiger partial charge in [0.2, 0.25) is 0 Å². The van der Waals surface area contributed by atoms with Crippen molar-refractivity contribution in [1.29, 1.82) is 0 Å². The van der Waals surface area contributed by atoms with Gasteiger partial charge >= 0.3 is 0 Å². The molecule has 0 aliphatic heterocycles. The average Bonchev–Trinajstić information content (AvgIpc) is 2.37. The molecule has 3 heteroatoms. The molecule has 0 aliphatic carbocycles. The minimum atomic E-state index is -0.201. The highest BCUT2D eigenvalue weighted by molar-refractivity contribution is 5.26. The Morgan fingerprint density at radius 1 is 1.00 bits per heavy atom. The number of rotatable bonds is 5. The maximum absolute atomic E-state index is 12.9. The molecule has 0 spiro atoms. The molecule has 0 bridgehead atoms. The molecule has 0 unspecified atom stereocenters. The molecule has 2 nitrogen and oxygen atoms in total. The molecule has 2 aromatic rings. The molecule has 0 atom stereocenters. The number of halogens is 1. The number of phenols is 1. The lowest BCUT2D eigenvalue weighted by atomic mass is 10.1. The van der Waals surface area contributed by atoms with E-state index >= 15 is 0 Å². The first-order valence-electron chi connectivity index (χ1n) is 5.97. The van der Waals surface area contributed by atoms with Crippen molar-refractivity contribution < 1.29 is 9.50 Å². The normalized spacial score (nSPS) is 10.5. The maximum Gasteiger partial charge on any atom is 0.123 e. The van der Waals surface area contributed by atoms with Gasteiger partial charge in [-0.3, -0.25) is 0 Å². The van der Waals surface area contributed by atoms with Crippen LogP contribution in [0.1, 0.15) is 11.1 Å². The van der Waals surface area contributed by atoms with E-state index in [1.54, 1.807) is 18.2 Å². The second-order valence-electron chi connectivity index (χ2n) is 4.22. The Labute approximate surface area is 106 Å². The molecule has 94 valence electrons. The highest BCUT2D eigenvalue weighted by Crippen LogP contribution is 2.09.